The van der Waals surface area contributed by atoms with Gasteiger partial charge in [0.25, 0.3) is 5.91 Å². The minimum Gasteiger partial charge on any atom is -0.497 e. The highest BCUT2D eigenvalue weighted by atomic mass is 16.5. The first-order chi connectivity index (χ1) is 15.4. The van der Waals surface area contributed by atoms with Crippen LogP contribution in [0, 0.1) is 0 Å². The van der Waals surface area contributed by atoms with E-state index in [1.54, 1.807) is 35.2 Å². The van der Waals surface area contributed by atoms with Gasteiger partial charge in [0.2, 0.25) is 5.91 Å². The summed E-state index contributed by atoms with van der Waals surface area (Å²) in [5.41, 5.74) is 1.20. The maximum Gasteiger partial charge on any atom is 0.258 e. The molecule has 32 heavy (non-hydrogen) atoms. The van der Waals surface area contributed by atoms with Crippen LogP contribution in [0.2, 0.25) is 0 Å². The molecule has 0 bridgehead atoms. The van der Waals surface area contributed by atoms with Crippen molar-refractivity contribution >= 4 is 23.3 Å². The number of hydrogen-bond acceptors (Lipinski definition) is 4. The molecule has 0 saturated carbocycles. The molecule has 1 atom stereocenters. The van der Waals surface area contributed by atoms with Gasteiger partial charge in [0.1, 0.15) is 5.75 Å². The van der Waals surface area contributed by atoms with Crippen LogP contribution >= 0.6 is 0 Å². The number of benzene rings is 3. The van der Waals surface area contributed by atoms with Crippen LogP contribution in [0.4, 0.5) is 5.69 Å². The van der Waals surface area contributed by atoms with Gasteiger partial charge in [-0.25, -0.2) is 0 Å². The molecule has 3 aromatic carbocycles. The fraction of sp³-hybridized carbons (Fsp3) is 0.192. The number of Topliss-reactive ketones (excluding diaryl/α,β-unsaturated/α-hetero) is 1. The van der Waals surface area contributed by atoms with Gasteiger partial charge in [-0.2, -0.15) is 0 Å². The molecule has 3 aromatic rings. The average molecular weight is 428 g/mol. The molecule has 4 rings (SSSR count). The predicted octanol–water partition coefficient (Wildman–Crippen LogP) is 3.85. The lowest BCUT2D eigenvalue weighted by Gasteiger charge is -2.29. The number of nitrogens with zero attached hydrogens (tertiary/aromatic N) is 1. The predicted molar refractivity (Wildman–Crippen MR) is 122 cm³/mol. The Bertz CT molecular complexity index is 1180. The maximum atomic E-state index is 13.8. The van der Waals surface area contributed by atoms with Gasteiger partial charge in [-0.1, -0.05) is 60.7 Å². The number of amides is 2. The van der Waals surface area contributed by atoms with Crippen molar-refractivity contribution in [1.82, 2.24) is 5.32 Å². The van der Waals surface area contributed by atoms with Crippen molar-refractivity contribution in [2.45, 2.75) is 25.4 Å². The molecule has 162 valence electrons. The number of para-hydroxylation sites is 1. The molecular weight excluding hydrogens is 404 g/mol. The van der Waals surface area contributed by atoms with Crippen LogP contribution in [-0.2, 0) is 21.7 Å². The molecule has 0 fully saturated rings. The van der Waals surface area contributed by atoms with E-state index in [1.807, 2.05) is 48.5 Å². The Morgan fingerprint density at radius 1 is 0.969 bits per heavy atom. The standard InChI is InChI=1S/C26H24N2O4/c1-18(29)27-26(16-24(30)20-11-8-12-21(15-20)32-2)22-13-6-7-14-23(22)28(25(26)31)17-19-9-4-3-5-10-19/h3-15H,16-17H2,1-2H3,(H,27,29)/t26-/m0/s1. The van der Waals surface area contributed by atoms with Crippen LogP contribution < -0.4 is 15.0 Å². The summed E-state index contributed by atoms with van der Waals surface area (Å²) >= 11 is 0. The summed E-state index contributed by atoms with van der Waals surface area (Å²) in [5.74, 6) is -0.419. The van der Waals surface area contributed by atoms with Crippen LogP contribution in [0.15, 0.2) is 78.9 Å². The van der Waals surface area contributed by atoms with E-state index in [4.69, 9.17) is 4.74 Å². The molecule has 1 aliphatic rings. The van der Waals surface area contributed by atoms with E-state index in [0.717, 1.165) is 5.56 Å². The van der Waals surface area contributed by atoms with Gasteiger partial charge < -0.3 is 15.0 Å². The number of fused-ring (bicyclic) bond motifs is 1. The van der Waals surface area contributed by atoms with Crippen molar-refractivity contribution in [3.8, 4) is 5.75 Å². The number of methoxy groups -OCH3 is 1. The number of ether oxygens (including phenoxy) is 1. The summed E-state index contributed by atoms with van der Waals surface area (Å²) in [6.45, 7) is 1.69. The molecule has 0 aliphatic carbocycles. The van der Waals surface area contributed by atoms with Gasteiger partial charge in [0, 0.05) is 24.5 Å². The molecule has 1 heterocycles. The SMILES string of the molecule is COc1cccc(C(=O)C[C@@]2(NC(C)=O)C(=O)N(Cc3ccccc3)c3ccccc32)c1. The molecule has 0 saturated heterocycles. The van der Waals surface area contributed by atoms with E-state index in [2.05, 4.69) is 5.32 Å². The molecule has 2 amide bonds. The molecule has 6 heteroatoms. The normalized spacial score (nSPS) is 17.1. The Hall–Kier alpha value is -3.93. The van der Waals surface area contributed by atoms with Crippen molar-refractivity contribution in [2.75, 3.05) is 12.0 Å². The first-order valence-electron chi connectivity index (χ1n) is 10.4. The number of ketones is 1. The van der Waals surface area contributed by atoms with Crippen LogP contribution in [0.25, 0.3) is 0 Å². The third-order valence-electron chi connectivity index (χ3n) is 5.66. The lowest BCUT2D eigenvalue weighted by molar-refractivity contribution is -0.130. The maximum absolute atomic E-state index is 13.8. The van der Waals surface area contributed by atoms with Gasteiger partial charge in [0.15, 0.2) is 11.3 Å². The topological polar surface area (TPSA) is 75.7 Å². The van der Waals surface area contributed by atoms with E-state index in [1.165, 1.54) is 14.0 Å². The molecule has 1 aliphatic heterocycles. The first kappa shape index (κ1) is 21.3. The lowest BCUT2D eigenvalue weighted by atomic mass is 9.84. The highest BCUT2D eigenvalue weighted by Crippen LogP contribution is 2.43. The number of carbonyl (C=O) groups excluding carboxylic acids is 3. The van der Waals surface area contributed by atoms with Crippen LogP contribution in [0.3, 0.4) is 0 Å². The van der Waals surface area contributed by atoms with Crippen molar-refractivity contribution in [3.63, 3.8) is 0 Å². The number of hydrogen-bond donors (Lipinski definition) is 1. The van der Waals surface area contributed by atoms with Crippen LogP contribution in [-0.4, -0.2) is 24.7 Å². The molecule has 0 aromatic heterocycles. The van der Waals surface area contributed by atoms with E-state index >= 15 is 0 Å². The fourth-order valence-corrected chi connectivity index (χ4v) is 4.22. The number of carbonyl (C=O) groups is 3. The molecule has 0 radical (unpaired) electrons. The van der Waals surface area contributed by atoms with E-state index in [9.17, 15) is 14.4 Å². The molecular formula is C26H24N2O4. The van der Waals surface area contributed by atoms with Crippen LogP contribution in [0.1, 0.15) is 34.8 Å². The van der Waals surface area contributed by atoms with Crippen molar-refractivity contribution < 1.29 is 19.1 Å². The number of nitrogens with one attached hydrogen (secondary N) is 1. The Morgan fingerprint density at radius 2 is 1.69 bits per heavy atom. The Labute approximate surface area is 186 Å². The van der Waals surface area contributed by atoms with E-state index in [-0.39, 0.29) is 24.0 Å². The number of rotatable bonds is 7. The Kier molecular flexibility index (Phi) is 5.77. The summed E-state index contributed by atoms with van der Waals surface area (Å²) in [6.07, 6.45) is -0.194. The highest BCUT2D eigenvalue weighted by molar-refractivity contribution is 6.13. The van der Waals surface area contributed by atoms with E-state index in [0.29, 0.717) is 29.1 Å². The fourth-order valence-electron chi connectivity index (χ4n) is 4.22. The second-order valence-electron chi connectivity index (χ2n) is 7.81. The summed E-state index contributed by atoms with van der Waals surface area (Å²) in [6, 6.07) is 23.7. The zero-order valence-electron chi connectivity index (χ0n) is 18.0. The van der Waals surface area contributed by atoms with Gasteiger partial charge in [0.05, 0.1) is 19.3 Å². The minimum atomic E-state index is -1.47. The molecule has 6 nitrogen and oxygen atoms in total. The van der Waals surface area contributed by atoms with Crippen LogP contribution in [0.5, 0.6) is 5.75 Å². The second kappa shape index (κ2) is 8.67. The molecule has 0 unspecified atom stereocenters. The zero-order valence-corrected chi connectivity index (χ0v) is 18.0. The average Bonchev–Trinajstić information content (AvgIpc) is 3.02. The van der Waals surface area contributed by atoms with Crippen molar-refractivity contribution in [3.05, 3.63) is 95.6 Å². The van der Waals surface area contributed by atoms with Gasteiger partial charge >= 0.3 is 0 Å². The second-order valence-corrected chi connectivity index (χ2v) is 7.81. The monoisotopic (exact) mass is 428 g/mol. The third-order valence-corrected chi connectivity index (χ3v) is 5.66. The molecule has 0 spiro atoms. The van der Waals surface area contributed by atoms with Gasteiger partial charge in [-0.05, 0) is 23.8 Å². The lowest BCUT2D eigenvalue weighted by Crippen LogP contribution is -2.53. The molecule has 1 N–H and O–H groups in total. The highest BCUT2D eigenvalue weighted by Gasteiger charge is 2.52. The largest absolute Gasteiger partial charge is 0.497 e. The smallest absolute Gasteiger partial charge is 0.258 e. The Balaban J connectivity index is 1.77. The summed E-state index contributed by atoms with van der Waals surface area (Å²) in [5, 5.41) is 2.82. The van der Waals surface area contributed by atoms with E-state index < -0.39 is 5.54 Å². The zero-order chi connectivity index (χ0) is 22.7. The van der Waals surface area contributed by atoms with Gasteiger partial charge in [-0.3, -0.25) is 14.4 Å². The summed E-state index contributed by atoms with van der Waals surface area (Å²) < 4.78 is 5.23. The summed E-state index contributed by atoms with van der Waals surface area (Å²) in [7, 11) is 1.53. The van der Waals surface area contributed by atoms with Crippen molar-refractivity contribution in [2.24, 2.45) is 0 Å². The summed E-state index contributed by atoms with van der Waals surface area (Å²) in [4.78, 5) is 41.0. The minimum absolute atomic E-state index is 0.194. The first-order valence-corrected chi connectivity index (χ1v) is 10.4. The third kappa shape index (κ3) is 3.87. The quantitative estimate of drug-likeness (QED) is 0.580. The van der Waals surface area contributed by atoms with Gasteiger partial charge in [-0.15, -0.1) is 0 Å². The van der Waals surface area contributed by atoms with Crippen molar-refractivity contribution in [1.29, 1.82) is 0 Å². The number of anilines is 1. The Morgan fingerprint density at radius 3 is 2.41 bits per heavy atom.